The molecule has 0 aliphatic carbocycles. The summed E-state index contributed by atoms with van der Waals surface area (Å²) in [7, 11) is 0. The lowest BCUT2D eigenvalue weighted by atomic mass is 10.0. The maximum absolute atomic E-state index is 9.86. The number of aromatic hydroxyl groups is 1. The minimum atomic E-state index is 0.271. The van der Waals surface area contributed by atoms with Gasteiger partial charge in [0.15, 0.2) is 0 Å². The summed E-state index contributed by atoms with van der Waals surface area (Å²) in [5.41, 5.74) is 8.41. The molecule has 2 aromatic carbocycles. The second-order valence-corrected chi connectivity index (χ2v) is 4.33. The number of rotatable bonds is 3. The van der Waals surface area contributed by atoms with Gasteiger partial charge in [0.1, 0.15) is 5.75 Å². The maximum atomic E-state index is 9.86. The van der Waals surface area contributed by atoms with E-state index >= 15 is 0 Å². The SMILES string of the molecule is NCCc1ccc(O)c(-c2ccc(Cl)cc2)c1. The third-order valence-electron chi connectivity index (χ3n) is 2.65. The largest absolute Gasteiger partial charge is 0.507 e. The fourth-order valence-electron chi connectivity index (χ4n) is 1.77. The van der Waals surface area contributed by atoms with Crippen molar-refractivity contribution in [2.45, 2.75) is 6.42 Å². The predicted octanol–water partition coefficient (Wildman–Crippen LogP) is 3.21. The van der Waals surface area contributed by atoms with Crippen LogP contribution in [0, 0.1) is 0 Å². The highest BCUT2D eigenvalue weighted by molar-refractivity contribution is 6.30. The average Bonchev–Trinajstić information content (AvgIpc) is 2.33. The molecule has 0 radical (unpaired) electrons. The summed E-state index contributed by atoms with van der Waals surface area (Å²) < 4.78 is 0. The Balaban J connectivity index is 2.42. The Morgan fingerprint density at radius 1 is 1.06 bits per heavy atom. The molecule has 0 aliphatic heterocycles. The minimum Gasteiger partial charge on any atom is -0.507 e. The highest BCUT2D eigenvalue weighted by atomic mass is 35.5. The highest BCUT2D eigenvalue weighted by Crippen LogP contribution is 2.30. The topological polar surface area (TPSA) is 46.2 Å². The Labute approximate surface area is 106 Å². The fourth-order valence-corrected chi connectivity index (χ4v) is 1.89. The molecule has 0 aromatic heterocycles. The molecule has 0 atom stereocenters. The predicted molar refractivity (Wildman–Crippen MR) is 71.3 cm³/mol. The Morgan fingerprint density at radius 3 is 2.41 bits per heavy atom. The summed E-state index contributed by atoms with van der Waals surface area (Å²) in [6, 6.07) is 13.0. The number of hydrogen-bond donors (Lipinski definition) is 2. The molecule has 0 amide bonds. The van der Waals surface area contributed by atoms with Crippen LogP contribution in [0.4, 0.5) is 0 Å². The van der Waals surface area contributed by atoms with Gasteiger partial charge in [-0.1, -0.05) is 29.8 Å². The summed E-state index contributed by atoms with van der Waals surface area (Å²) >= 11 is 5.84. The van der Waals surface area contributed by atoms with Gasteiger partial charge < -0.3 is 10.8 Å². The average molecular weight is 248 g/mol. The zero-order valence-electron chi connectivity index (χ0n) is 9.36. The van der Waals surface area contributed by atoms with Crippen LogP contribution in [-0.4, -0.2) is 11.7 Å². The molecule has 0 bridgehead atoms. The number of benzene rings is 2. The lowest BCUT2D eigenvalue weighted by molar-refractivity contribution is 0.477. The molecule has 0 spiro atoms. The first kappa shape index (κ1) is 12.0. The monoisotopic (exact) mass is 247 g/mol. The molecular formula is C14H14ClNO. The zero-order valence-corrected chi connectivity index (χ0v) is 10.1. The Kier molecular flexibility index (Phi) is 3.67. The summed E-state index contributed by atoms with van der Waals surface area (Å²) in [6.07, 6.45) is 0.806. The van der Waals surface area contributed by atoms with Crippen LogP contribution in [0.2, 0.25) is 5.02 Å². The van der Waals surface area contributed by atoms with Crippen LogP contribution in [-0.2, 0) is 6.42 Å². The molecule has 0 saturated carbocycles. The van der Waals surface area contributed by atoms with Crippen molar-refractivity contribution >= 4 is 11.6 Å². The van der Waals surface area contributed by atoms with E-state index in [4.69, 9.17) is 17.3 Å². The molecule has 0 unspecified atom stereocenters. The third-order valence-corrected chi connectivity index (χ3v) is 2.90. The first-order valence-corrected chi connectivity index (χ1v) is 5.86. The summed E-state index contributed by atoms with van der Waals surface area (Å²) in [6.45, 7) is 0.602. The molecule has 3 N–H and O–H groups in total. The van der Waals surface area contributed by atoms with Crippen LogP contribution in [0.3, 0.4) is 0 Å². The van der Waals surface area contributed by atoms with Crippen molar-refractivity contribution in [3.63, 3.8) is 0 Å². The van der Waals surface area contributed by atoms with Crippen LogP contribution in [0.1, 0.15) is 5.56 Å². The summed E-state index contributed by atoms with van der Waals surface area (Å²) in [4.78, 5) is 0. The first-order valence-electron chi connectivity index (χ1n) is 5.48. The van der Waals surface area contributed by atoms with Crippen LogP contribution in [0.15, 0.2) is 42.5 Å². The Hall–Kier alpha value is -1.51. The molecule has 2 rings (SSSR count). The fraction of sp³-hybridized carbons (Fsp3) is 0.143. The number of halogens is 1. The van der Waals surface area contributed by atoms with Gasteiger partial charge in [0.2, 0.25) is 0 Å². The standard InChI is InChI=1S/C14H14ClNO/c15-12-4-2-11(3-5-12)13-9-10(7-8-16)1-6-14(13)17/h1-6,9,17H,7-8,16H2. The first-order chi connectivity index (χ1) is 8.20. The van der Waals surface area contributed by atoms with E-state index < -0.39 is 0 Å². The van der Waals surface area contributed by atoms with E-state index in [1.165, 1.54) is 0 Å². The van der Waals surface area contributed by atoms with Gasteiger partial charge in [0.25, 0.3) is 0 Å². The quantitative estimate of drug-likeness (QED) is 0.875. The van der Waals surface area contributed by atoms with Crippen molar-refractivity contribution in [1.29, 1.82) is 0 Å². The lowest BCUT2D eigenvalue weighted by Gasteiger charge is -2.07. The van der Waals surface area contributed by atoms with Crippen molar-refractivity contribution in [2.24, 2.45) is 5.73 Å². The number of nitrogens with two attached hydrogens (primary N) is 1. The van der Waals surface area contributed by atoms with Crippen LogP contribution < -0.4 is 5.73 Å². The van der Waals surface area contributed by atoms with E-state index in [0.29, 0.717) is 11.6 Å². The van der Waals surface area contributed by atoms with Gasteiger partial charge in [-0.25, -0.2) is 0 Å². The van der Waals surface area contributed by atoms with Crippen molar-refractivity contribution in [2.75, 3.05) is 6.54 Å². The molecule has 0 aliphatic rings. The third kappa shape index (κ3) is 2.78. The van der Waals surface area contributed by atoms with Gasteiger partial charge in [-0.3, -0.25) is 0 Å². The molecule has 0 heterocycles. The zero-order chi connectivity index (χ0) is 12.3. The van der Waals surface area contributed by atoms with Crippen molar-refractivity contribution in [3.8, 4) is 16.9 Å². The van der Waals surface area contributed by atoms with Crippen molar-refractivity contribution < 1.29 is 5.11 Å². The molecule has 2 aromatic rings. The molecular weight excluding hydrogens is 234 g/mol. The van der Waals surface area contributed by atoms with Crippen LogP contribution >= 0.6 is 11.6 Å². The number of phenols is 1. The van der Waals surface area contributed by atoms with E-state index in [1.54, 1.807) is 6.07 Å². The van der Waals surface area contributed by atoms with Crippen molar-refractivity contribution in [1.82, 2.24) is 0 Å². The highest BCUT2D eigenvalue weighted by Gasteiger charge is 2.05. The lowest BCUT2D eigenvalue weighted by Crippen LogP contribution is -2.02. The second-order valence-electron chi connectivity index (χ2n) is 3.90. The van der Waals surface area contributed by atoms with Crippen LogP contribution in [0.5, 0.6) is 5.75 Å². The number of phenolic OH excluding ortho intramolecular Hbond substituents is 1. The Morgan fingerprint density at radius 2 is 1.76 bits per heavy atom. The van der Waals surface area contributed by atoms with Gasteiger partial charge in [-0.2, -0.15) is 0 Å². The van der Waals surface area contributed by atoms with E-state index in [2.05, 4.69) is 0 Å². The molecule has 17 heavy (non-hydrogen) atoms. The van der Waals surface area contributed by atoms with Gasteiger partial charge in [-0.05, 0) is 48.4 Å². The van der Waals surface area contributed by atoms with Gasteiger partial charge >= 0.3 is 0 Å². The van der Waals surface area contributed by atoms with E-state index in [0.717, 1.165) is 23.1 Å². The van der Waals surface area contributed by atoms with Gasteiger partial charge in [-0.15, -0.1) is 0 Å². The summed E-state index contributed by atoms with van der Waals surface area (Å²) in [5.74, 6) is 0.271. The Bertz CT molecular complexity index is 508. The molecule has 0 fully saturated rings. The minimum absolute atomic E-state index is 0.271. The van der Waals surface area contributed by atoms with Gasteiger partial charge in [0, 0.05) is 10.6 Å². The van der Waals surface area contributed by atoms with Gasteiger partial charge in [0.05, 0.1) is 0 Å². The van der Waals surface area contributed by atoms with Crippen LogP contribution in [0.25, 0.3) is 11.1 Å². The number of hydrogen-bond acceptors (Lipinski definition) is 2. The summed E-state index contributed by atoms with van der Waals surface area (Å²) in [5, 5.41) is 10.5. The van der Waals surface area contributed by atoms with E-state index in [1.807, 2.05) is 36.4 Å². The van der Waals surface area contributed by atoms with E-state index in [9.17, 15) is 5.11 Å². The molecule has 3 heteroatoms. The van der Waals surface area contributed by atoms with E-state index in [-0.39, 0.29) is 5.75 Å². The second kappa shape index (κ2) is 5.21. The molecule has 0 saturated heterocycles. The molecule has 88 valence electrons. The maximum Gasteiger partial charge on any atom is 0.123 e. The van der Waals surface area contributed by atoms with Crippen molar-refractivity contribution in [3.05, 3.63) is 53.1 Å². The molecule has 2 nitrogen and oxygen atoms in total. The smallest absolute Gasteiger partial charge is 0.123 e. The normalized spacial score (nSPS) is 10.5.